The maximum Gasteiger partial charge on any atom is 0.128 e. The van der Waals surface area contributed by atoms with Gasteiger partial charge in [-0.15, -0.1) is 5.10 Å². The fourth-order valence-corrected chi connectivity index (χ4v) is 2.14. The van der Waals surface area contributed by atoms with Gasteiger partial charge in [-0.1, -0.05) is 5.21 Å². The van der Waals surface area contributed by atoms with Crippen molar-refractivity contribution in [2.45, 2.75) is 32.4 Å². The number of nitrogens with zero attached hydrogens (tertiary/aromatic N) is 5. The smallest absolute Gasteiger partial charge is 0.128 e. The molecule has 1 fully saturated rings. The number of aliphatic hydroxyl groups is 1. The second-order valence-corrected chi connectivity index (χ2v) is 5.05. The molecule has 6 heteroatoms. The van der Waals surface area contributed by atoms with E-state index in [1.807, 2.05) is 31.0 Å². The molecule has 96 valence electrons. The second kappa shape index (κ2) is 4.20. The molecular formula is C12H17N5O. The third kappa shape index (κ3) is 2.15. The van der Waals surface area contributed by atoms with Crippen molar-refractivity contribution in [2.75, 3.05) is 0 Å². The quantitative estimate of drug-likeness (QED) is 0.868. The summed E-state index contributed by atoms with van der Waals surface area (Å²) in [6.07, 6.45) is 5.46. The van der Waals surface area contributed by atoms with E-state index < -0.39 is 6.10 Å². The van der Waals surface area contributed by atoms with Gasteiger partial charge in [0.25, 0.3) is 0 Å². The highest BCUT2D eigenvalue weighted by molar-refractivity contribution is 5.25. The minimum Gasteiger partial charge on any atom is -0.382 e. The van der Waals surface area contributed by atoms with Crippen molar-refractivity contribution in [1.29, 1.82) is 0 Å². The summed E-state index contributed by atoms with van der Waals surface area (Å²) < 4.78 is 3.52. The van der Waals surface area contributed by atoms with E-state index in [1.54, 1.807) is 4.68 Å². The SMILES string of the molecule is Cc1nn(C)cc1C(O)c1cn(CC2CC2)nn1. The summed E-state index contributed by atoms with van der Waals surface area (Å²) >= 11 is 0. The van der Waals surface area contributed by atoms with Crippen LogP contribution in [0.4, 0.5) is 0 Å². The lowest BCUT2D eigenvalue weighted by Gasteiger charge is -2.04. The molecule has 2 heterocycles. The molecular weight excluding hydrogens is 230 g/mol. The molecule has 18 heavy (non-hydrogen) atoms. The van der Waals surface area contributed by atoms with Gasteiger partial charge in [0.1, 0.15) is 11.8 Å². The zero-order valence-electron chi connectivity index (χ0n) is 10.6. The third-order valence-corrected chi connectivity index (χ3v) is 3.32. The highest BCUT2D eigenvalue weighted by Crippen LogP contribution is 2.30. The van der Waals surface area contributed by atoms with E-state index in [2.05, 4.69) is 15.4 Å². The van der Waals surface area contributed by atoms with Crippen LogP contribution in [0.15, 0.2) is 12.4 Å². The minimum atomic E-state index is -0.744. The van der Waals surface area contributed by atoms with E-state index in [0.29, 0.717) is 5.69 Å². The van der Waals surface area contributed by atoms with Crippen LogP contribution in [-0.2, 0) is 13.6 Å². The number of aromatic nitrogens is 5. The normalized spacial score (nSPS) is 17.1. The number of rotatable bonds is 4. The van der Waals surface area contributed by atoms with Crippen LogP contribution in [-0.4, -0.2) is 29.9 Å². The standard InChI is InChI=1S/C12H17N5O/c1-8-10(6-16(2)14-8)12(18)11-7-17(15-13-11)5-9-3-4-9/h6-7,9,12,18H,3-5H2,1-2H3. The molecule has 0 saturated heterocycles. The van der Waals surface area contributed by atoms with Gasteiger partial charge >= 0.3 is 0 Å². The molecule has 3 rings (SSSR count). The molecule has 1 aliphatic rings. The predicted octanol–water partition coefficient (Wildman–Crippen LogP) is 0.812. The Bertz CT molecular complexity index is 555. The lowest BCUT2D eigenvalue weighted by Crippen LogP contribution is -2.01. The summed E-state index contributed by atoms with van der Waals surface area (Å²) in [5.74, 6) is 0.747. The molecule has 0 aliphatic heterocycles. The van der Waals surface area contributed by atoms with Gasteiger partial charge in [-0.05, 0) is 25.7 Å². The van der Waals surface area contributed by atoms with E-state index in [1.165, 1.54) is 12.8 Å². The fraction of sp³-hybridized carbons (Fsp3) is 0.583. The van der Waals surface area contributed by atoms with Crippen LogP contribution in [0, 0.1) is 12.8 Å². The molecule has 1 unspecified atom stereocenters. The molecule has 0 radical (unpaired) electrons. The van der Waals surface area contributed by atoms with Crippen LogP contribution < -0.4 is 0 Å². The van der Waals surface area contributed by atoms with Crippen molar-refractivity contribution in [1.82, 2.24) is 24.8 Å². The van der Waals surface area contributed by atoms with E-state index >= 15 is 0 Å². The van der Waals surface area contributed by atoms with Crippen LogP contribution in [0.3, 0.4) is 0 Å². The second-order valence-electron chi connectivity index (χ2n) is 5.05. The highest BCUT2D eigenvalue weighted by Gasteiger charge is 2.24. The van der Waals surface area contributed by atoms with Crippen LogP contribution in [0.1, 0.15) is 35.9 Å². The highest BCUT2D eigenvalue weighted by atomic mass is 16.3. The lowest BCUT2D eigenvalue weighted by molar-refractivity contribution is 0.214. The van der Waals surface area contributed by atoms with Crippen molar-refractivity contribution in [3.8, 4) is 0 Å². The van der Waals surface area contributed by atoms with Gasteiger partial charge in [0.15, 0.2) is 0 Å². The first-order valence-corrected chi connectivity index (χ1v) is 6.21. The van der Waals surface area contributed by atoms with Gasteiger partial charge in [-0.3, -0.25) is 9.36 Å². The van der Waals surface area contributed by atoms with E-state index in [9.17, 15) is 5.11 Å². The molecule has 1 aliphatic carbocycles. The molecule has 0 spiro atoms. The predicted molar refractivity (Wildman–Crippen MR) is 64.8 cm³/mol. The maximum atomic E-state index is 10.3. The van der Waals surface area contributed by atoms with E-state index in [-0.39, 0.29) is 0 Å². The topological polar surface area (TPSA) is 68.8 Å². The van der Waals surface area contributed by atoms with Gasteiger partial charge in [0, 0.05) is 25.4 Å². The Morgan fingerprint density at radius 3 is 2.83 bits per heavy atom. The first-order chi connectivity index (χ1) is 8.63. The van der Waals surface area contributed by atoms with E-state index in [4.69, 9.17) is 0 Å². The number of hydrogen-bond donors (Lipinski definition) is 1. The molecule has 0 aromatic carbocycles. The summed E-state index contributed by atoms with van der Waals surface area (Å²) in [5.41, 5.74) is 2.20. The molecule has 6 nitrogen and oxygen atoms in total. The molecule has 0 amide bonds. The number of hydrogen-bond acceptors (Lipinski definition) is 4. The molecule has 1 saturated carbocycles. The molecule has 2 aromatic rings. The van der Waals surface area contributed by atoms with Gasteiger partial charge < -0.3 is 5.11 Å². The fourth-order valence-electron chi connectivity index (χ4n) is 2.14. The van der Waals surface area contributed by atoms with Crippen LogP contribution in [0.25, 0.3) is 0 Å². The zero-order chi connectivity index (χ0) is 12.7. The first-order valence-electron chi connectivity index (χ1n) is 6.21. The largest absolute Gasteiger partial charge is 0.382 e. The zero-order valence-corrected chi connectivity index (χ0v) is 10.6. The lowest BCUT2D eigenvalue weighted by atomic mass is 10.1. The van der Waals surface area contributed by atoms with Gasteiger partial charge in [0.05, 0.1) is 11.9 Å². The Balaban J connectivity index is 1.80. The Kier molecular flexibility index (Phi) is 2.66. The summed E-state index contributed by atoms with van der Waals surface area (Å²) in [6.45, 7) is 2.79. The first kappa shape index (κ1) is 11.4. The summed E-state index contributed by atoms with van der Waals surface area (Å²) in [7, 11) is 1.84. The van der Waals surface area contributed by atoms with Gasteiger partial charge in [-0.25, -0.2) is 0 Å². The molecule has 1 N–H and O–H groups in total. The van der Waals surface area contributed by atoms with Crippen molar-refractivity contribution in [2.24, 2.45) is 13.0 Å². The Labute approximate surface area is 105 Å². The monoisotopic (exact) mass is 247 g/mol. The van der Waals surface area contributed by atoms with Crippen LogP contribution >= 0.6 is 0 Å². The Morgan fingerprint density at radius 2 is 2.22 bits per heavy atom. The number of aliphatic hydroxyl groups excluding tert-OH is 1. The molecule has 1 atom stereocenters. The van der Waals surface area contributed by atoms with E-state index in [0.717, 1.165) is 23.7 Å². The maximum absolute atomic E-state index is 10.3. The Hall–Kier alpha value is -1.69. The third-order valence-electron chi connectivity index (χ3n) is 3.32. The average Bonchev–Trinajstić information content (AvgIpc) is 2.89. The summed E-state index contributed by atoms with van der Waals surface area (Å²) in [6, 6.07) is 0. The van der Waals surface area contributed by atoms with Crippen molar-refractivity contribution in [3.63, 3.8) is 0 Å². The van der Waals surface area contributed by atoms with Crippen LogP contribution in [0.2, 0.25) is 0 Å². The van der Waals surface area contributed by atoms with Gasteiger partial charge in [-0.2, -0.15) is 5.10 Å². The van der Waals surface area contributed by atoms with Crippen LogP contribution in [0.5, 0.6) is 0 Å². The van der Waals surface area contributed by atoms with Crippen molar-refractivity contribution >= 4 is 0 Å². The molecule has 2 aromatic heterocycles. The van der Waals surface area contributed by atoms with Crippen molar-refractivity contribution < 1.29 is 5.11 Å². The number of aryl methyl sites for hydroxylation is 2. The molecule has 0 bridgehead atoms. The Morgan fingerprint density at radius 1 is 1.44 bits per heavy atom. The van der Waals surface area contributed by atoms with Gasteiger partial charge in [0.2, 0.25) is 0 Å². The summed E-state index contributed by atoms with van der Waals surface area (Å²) in [4.78, 5) is 0. The summed E-state index contributed by atoms with van der Waals surface area (Å²) in [5, 5.41) is 22.6. The van der Waals surface area contributed by atoms with Crippen molar-refractivity contribution in [3.05, 3.63) is 29.3 Å². The average molecular weight is 247 g/mol. The minimum absolute atomic E-state index is 0.590.